The fourth-order valence-corrected chi connectivity index (χ4v) is 1.42. The van der Waals surface area contributed by atoms with Crippen molar-refractivity contribution in [1.29, 1.82) is 0 Å². The second-order valence-electron chi connectivity index (χ2n) is 4.17. The van der Waals surface area contributed by atoms with Crippen LogP contribution in [-0.2, 0) is 4.79 Å². The third-order valence-electron chi connectivity index (χ3n) is 3.18. The van der Waals surface area contributed by atoms with Gasteiger partial charge in [0.15, 0.2) is 0 Å². The molecule has 0 amide bonds. The highest BCUT2D eigenvalue weighted by atomic mass is 16.4. The molecule has 0 radical (unpaired) electrons. The van der Waals surface area contributed by atoms with Crippen LogP contribution in [-0.4, -0.2) is 23.2 Å². The summed E-state index contributed by atoms with van der Waals surface area (Å²) in [5.74, 6) is -0.0282. The molecule has 1 atom stereocenters. The SMILES string of the molecule is CCC(C)(NCC1CCC1)C(=O)O. The highest BCUT2D eigenvalue weighted by Crippen LogP contribution is 2.26. The second kappa shape index (κ2) is 4.09. The van der Waals surface area contributed by atoms with Gasteiger partial charge in [-0.15, -0.1) is 0 Å². The summed E-state index contributed by atoms with van der Waals surface area (Å²) in [5, 5.41) is 12.1. The number of nitrogens with one attached hydrogen (secondary N) is 1. The van der Waals surface area contributed by atoms with Crippen LogP contribution in [0.25, 0.3) is 0 Å². The van der Waals surface area contributed by atoms with Gasteiger partial charge in [-0.05, 0) is 38.6 Å². The molecule has 0 aliphatic heterocycles. The van der Waals surface area contributed by atoms with E-state index >= 15 is 0 Å². The van der Waals surface area contributed by atoms with Gasteiger partial charge in [-0.1, -0.05) is 13.3 Å². The predicted molar refractivity (Wildman–Crippen MR) is 51.7 cm³/mol. The lowest BCUT2D eigenvalue weighted by atomic mass is 9.84. The molecule has 2 N–H and O–H groups in total. The molecule has 0 heterocycles. The van der Waals surface area contributed by atoms with E-state index in [1.165, 1.54) is 19.3 Å². The predicted octanol–water partition coefficient (Wildman–Crippen LogP) is 1.63. The van der Waals surface area contributed by atoms with Crippen LogP contribution in [0.1, 0.15) is 39.5 Å². The van der Waals surface area contributed by atoms with Crippen LogP contribution >= 0.6 is 0 Å². The Morgan fingerprint density at radius 3 is 2.54 bits per heavy atom. The standard InChI is InChI=1S/C10H19NO2/c1-3-10(2,9(12)13)11-7-8-5-4-6-8/h8,11H,3-7H2,1-2H3,(H,12,13). The van der Waals surface area contributed by atoms with Crippen molar-refractivity contribution in [2.75, 3.05) is 6.54 Å². The first-order chi connectivity index (χ1) is 6.08. The molecule has 1 aliphatic carbocycles. The third-order valence-corrected chi connectivity index (χ3v) is 3.18. The zero-order chi connectivity index (χ0) is 9.90. The number of rotatable bonds is 5. The van der Waals surface area contributed by atoms with Crippen LogP contribution in [0.4, 0.5) is 0 Å². The smallest absolute Gasteiger partial charge is 0.323 e. The Bertz CT molecular complexity index is 189. The maximum absolute atomic E-state index is 10.9. The van der Waals surface area contributed by atoms with Crippen LogP contribution in [0.5, 0.6) is 0 Å². The van der Waals surface area contributed by atoms with Gasteiger partial charge in [0.25, 0.3) is 0 Å². The average molecular weight is 185 g/mol. The summed E-state index contributed by atoms with van der Waals surface area (Å²) in [7, 11) is 0. The molecule has 1 rings (SSSR count). The number of carboxylic acids is 1. The average Bonchev–Trinajstić information content (AvgIpc) is 2.01. The topological polar surface area (TPSA) is 49.3 Å². The first-order valence-corrected chi connectivity index (χ1v) is 5.07. The molecule has 3 heteroatoms. The number of hydrogen-bond acceptors (Lipinski definition) is 2. The van der Waals surface area contributed by atoms with Gasteiger partial charge >= 0.3 is 5.97 Å². The van der Waals surface area contributed by atoms with Gasteiger partial charge in [-0.3, -0.25) is 4.79 Å². The zero-order valence-electron chi connectivity index (χ0n) is 8.47. The molecule has 0 bridgehead atoms. The molecule has 1 unspecified atom stereocenters. The summed E-state index contributed by atoms with van der Waals surface area (Å²) in [6.45, 7) is 4.52. The van der Waals surface area contributed by atoms with Crippen molar-refractivity contribution >= 4 is 5.97 Å². The maximum Gasteiger partial charge on any atom is 0.323 e. The monoisotopic (exact) mass is 185 g/mol. The van der Waals surface area contributed by atoms with Gasteiger partial charge in [-0.25, -0.2) is 0 Å². The maximum atomic E-state index is 10.9. The summed E-state index contributed by atoms with van der Waals surface area (Å²) < 4.78 is 0. The van der Waals surface area contributed by atoms with Crippen molar-refractivity contribution in [2.45, 2.75) is 45.1 Å². The molecule has 76 valence electrons. The van der Waals surface area contributed by atoms with Crippen LogP contribution in [0.15, 0.2) is 0 Å². The van der Waals surface area contributed by atoms with Gasteiger partial charge in [0.2, 0.25) is 0 Å². The minimum Gasteiger partial charge on any atom is -0.480 e. The quantitative estimate of drug-likeness (QED) is 0.684. The number of carboxylic acid groups (broad SMARTS) is 1. The van der Waals surface area contributed by atoms with E-state index in [9.17, 15) is 4.79 Å². The Morgan fingerprint density at radius 2 is 2.23 bits per heavy atom. The van der Waals surface area contributed by atoms with Gasteiger partial charge in [0, 0.05) is 0 Å². The van der Waals surface area contributed by atoms with Gasteiger partial charge < -0.3 is 10.4 Å². The van der Waals surface area contributed by atoms with E-state index in [1.54, 1.807) is 6.92 Å². The first-order valence-electron chi connectivity index (χ1n) is 5.07. The molecule has 1 saturated carbocycles. The first kappa shape index (κ1) is 10.5. The molecular formula is C10H19NO2. The van der Waals surface area contributed by atoms with Crippen LogP contribution < -0.4 is 5.32 Å². The molecule has 0 aromatic heterocycles. The molecule has 1 fully saturated rings. The highest BCUT2D eigenvalue weighted by molar-refractivity contribution is 5.78. The zero-order valence-corrected chi connectivity index (χ0v) is 8.47. The molecular weight excluding hydrogens is 166 g/mol. The Balaban J connectivity index is 2.33. The Hall–Kier alpha value is -0.570. The van der Waals surface area contributed by atoms with Crippen LogP contribution in [0.3, 0.4) is 0 Å². The minimum absolute atomic E-state index is 0.634. The summed E-state index contributed by atoms with van der Waals surface area (Å²) in [6.07, 6.45) is 4.45. The summed E-state index contributed by atoms with van der Waals surface area (Å²) in [5.41, 5.74) is -0.727. The summed E-state index contributed by atoms with van der Waals surface area (Å²) in [4.78, 5) is 10.9. The van der Waals surface area contributed by atoms with Crippen molar-refractivity contribution in [1.82, 2.24) is 5.32 Å². The third kappa shape index (κ3) is 2.44. The minimum atomic E-state index is -0.741. The normalized spacial score (nSPS) is 22.0. The van der Waals surface area contributed by atoms with E-state index in [1.807, 2.05) is 6.92 Å². The van der Waals surface area contributed by atoms with E-state index in [4.69, 9.17) is 5.11 Å². The van der Waals surface area contributed by atoms with Gasteiger partial charge in [0.1, 0.15) is 5.54 Å². The van der Waals surface area contributed by atoms with E-state index in [0.29, 0.717) is 12.3 Å². The van der Waals surface area contributed by atoms with Crippen molar-refractivity contribution in [2.24, 2.45) is 5.92 Å². The largest absolute Gasteiger partial charge is 0.480 e. The number of aliphatic carboxylic acids is 1. The van der Waals surface area contributed by atoms with E-state index < -0.39 is 11.5 Å². The molecule has 0 saturated heterocycles. The fraction of sp³-hybridized carbons (Fsp3) is 0.900. The Labute approximate surface area is 79.5 Å². The second-order valence-corrected chi connectivity index (χ2v) is 4.17. The van der Waals surface area contributed by atoms with Crippen molar-refractivity contribution in [3.05, 3.63) is 0 Å². The lowest BCUT2D eigenvalue weighted by Crippen LogP contribution is -2.51. The molecule has 0 spiro atoms. The summed E-state index contributed by atoms with van der Waals surface area (Å²) >= 11 is 0. The highest BCUT2D eigenvalue weighted by Gasteiger charge is 2.31. The van der Waals surface area contributed by atoms with Crippen LogP contribution in [0, 0.1) is 5.92 Å². The summed E-state index contributed by atoms with van der Waals surface area (Å²) in [6, 6.07) is 0. The lowest BCUT2D eigenvalue weighted by Gasteiger charge is -2.31. The molecule has 0 aromatic carbocycles. The number of carbonyl (C=O) groups is 1. The fourth-order valence-electron chi connectivity index (χ4n) is 1.42. The van der Waals surface area contributed by atoms with Crippen molar-refractivity contribution in [3.8, 4) is 0 Å². The van der Waals surface area contributed by atoms with E-state index in [0.717, 1.165) is 6.54 Å². The van der Waals surface area contributed by atoms with Gasteiger partial charge in [0.05, 0.1) is 0 Å². The van der Waals surface area contributed by atoms with E-state index in [2.05, 4.69) is 5.32 Å². The van der Waals surface area contributed by atoms with E-state index in [-0.39, 0.29) is 0 Å². The Kier molecular flexibility index (Phi) is 3.31. The molecule has 13 heavy (non-hydrogen) atoms. The number of hydrogen-bond donors (Lipinski definition) is 2. The van der Waals surface area contributed by atoms with Crippen LogP contribution in [0.2, 0.25) is 0 Å². The van der Waals surface area contributed by atoms with Crippen molar-refractivity contribution < 1.29 is 9.90 Å². The molecule has 0 aromatic rings. The van der Waals surface area contributed by atoms with Gasteiger partial charge in [-0.2, -0.15) is 0 Å². The molecule has 1 aliphatic rings. The lowest BCUT2D eigenvalue weighted by molar-refractivity contribution is -0.144. The van der Waals surface area contributed by atoms with Crippen molar-refractivity contribution in [3.63, 3.8) is 0 Å². The Morgan fingerprint density at radius 1 is 1.62 bits per heavy atom. The molecule has 3 nitrogen and oxygen atoms in total.